The van der Waals surface area contributed by atoms with Crippen LogP contribution in [-0.4, -0.2) is 37.4 Å². The largest absolute Gasteiger partial charge is 0.360 e. The normalized spacial score (nSPS) is 12.3. The maximum atomic E-state index is 13.3. The van der Waals surface area contributed by atoms with E-state index in [0.29, 0.717) is 17.8 Å². The Morgan fingerprint density at radius 3 is 2.74 bits per heavy atom. The van der Waals surface area contributed by atoms with Crippen LogP contribution in [0.5, 0.6) is 0 Å². The van der Waals surface area contributed by atoms with E-state index in [1.165, 1.54) is 4.57 Å². The van der Waals surface area contributed by atoms with Crippen LogP contribution in [0.3, 0.4) is 0 Å². The van der Waals surface area contributed by atoms with Crippen LogP contribution >= 0.6 is 23.4 Å². The van der Waals surface area contributed by atoms with Crippen molar-refractivity contribution in [2.75, 3.05) is 18.2 Å². The van der Waals surface area contributed by atoms with Gasteiger partial charge in [0, 0.05) is 11.1 Å². The minimum atomic E-state index is -0.725. The van der Waals surface area contributed by atoms with Gasteiger partial charge in [-0.15, -0.1) is 11.8 Å². The van der Waals surface area contributed by atoms with Crippen molar-refractivity contribution in [3.63, 3.8) is 0 Å². The van der Waals surface area contributed by atoms with Gasteiger partial charge in [-0.2, -0.15) is 4.98 Å². The molecule has 3 rings (SSSR count). The number of halogens is 2. The molecule has 0 aliphatic heterocycles. The molecule has 0 radical (unpaired) electrons. The molecule has 0 spiro atoms. The number of aryl methyl sites for hydroxylation is 1. The molecule has 0 aromatic carbocycles. The molecule has 3 heterocycles. The second-order valence-electron chi connectivity index (χ2n) is 5.93. The summed E-state index contributed by atoms with van der Waals surface area (Å²) in [5.41, 5.74) is 1.41. The lowest BCUT2D eigenvalue weighted by molar-refractivity contribution is 0.376. The number of anilines is 1. The summed E-state index contributed by atoms with van der Waals surface area (Å²) in [5, 5.41) is 2.98. The highest BCUT2D eigenvalue weighted by Gasteiger charge is 2.19. The predicted molar refractivity (Wildman–Crippen MR) is 105 cm³/mol. The number of aromatic nitrogens is 5. The van der Waals surface area contributed by atoms with E-state index in [4.69, 9.17) is 11.6 Å². The van der Waals surface area contributed by atoms with Gasteiger partial charge < -0.3 is 5.32 Å². The third-order valence-electron chi connectivity index (χ3n) is 4.02. The first-order chi connectivity index (χ1) is 12.9. The highest BCUT2D eigenvalue weighted by atomic mass is 35.5. The zero-order valence-electron chi connectivity index (χ0n) is 15.0. The van der Waals surface area contributed by atoms with Crippen LogP contribution in [0.25, 0.3) is 11.2 Å². The number of hydrogen-bond donors (Lipinski definition) is 1. The van der Waals surface area contributed by atoms with E-state index in [1.807, 2.05) is 18.4 Å². The average molecular weight is 409 g/mol. The van der Waals surface area contributed by atoms with Crippen molar-refractivity contribution in [2.24, 2.45) is 0 Å². The second-order valence-corrected chi connectivity index (χ2v) is 7.15. The lowest BCUT2D eigenvalue weighted by Gasteiger charge is -2.16. The maximum absolute atomic E-state index is 13.3. The Labute approximate surface area is 164 Å². The number of pyridine rings is 1. The molecule has 0 amide bonds. The predicted octanol–water partition coefficient (Wildman–Crippen LogP) is 3.41. The zero-order chi connectivity index (χ0) is 19.6. The van der Waals surface area contributed by atoms with Gasteiger partial charge in [0.25, 0.3) is 5.56 Å². The van der Waals surface area contributed by atoms with Gasteiger partial charge in [0.2, 0.25) is 5.28 Å². The topological polar surface area (TPSA) is 85.6 Å². The molecule has 142 valence electrons. The maximum Gasteiger partial charge on any atom is 0.295 e. The van der Waals surface area contributed by atoms with Gasteiger partial charge in [0.1, 0.15) is 12.2 Å². The first kappa shape index (κ1) is 19.5. The molecule has 1 unspecified atom stereocenters. The van der Waals surface area contributed by atoms with Crippen molar-refractivity contribution in [3.8, 4) is 0 Å². The van der Waals surface area contributed by atoms with E-state index in [2.05, 4.69) is 25.3 Å². The Hall–Kier alpha value is -2.26. The van der Waals surface area contributed by atoms with Crippen LogP contribution in [0, 0.1) is 6.92 Å². The SMILES string of the molecule is CSc1ccc(CNc2nc3c(C)nc(Cl)nc3n(C(C)CF)c2=O)nc1. The molecule has 1 N–H and O–H groups in total. The molecule has 0 saturated carbocycles. The Morgan fingerprint density at radius 1 is 1.33 bits per heavy atom. The van der Waals surface area contributed by atoms with Gasteiger partial charge in [-0.1, -0.05) is 0 Å². The van der Waals surface area contributed by atoms with Gasteiger partial charge in [0.05, 0.1) is 24.0 Å². The van der Waals surface area contributed by atoms with E-state index in [-0.39, 0.29) is 16.7 Å². The number of alkyl halides is 1. The Balaban J connectivity index is 2.04. The number of hydrogen-bond acceptors (Lipinski definition) is 7. The van der Waals surface area contributed by atoms with E-state index in [9.17, 15) is 9.18 Å². The minimum Gasteiger partial charge on any atom is -0.360 e. The zero-order valence-corrected chi connectivity index (χ0v) is 16.6. The number of rotatable bonds is 6. The standard InChI is InChI=1S/C17H18ClFN6OS/c1-9(6-19)25-15-13(10(2)22-17(18)24-15)23-14(16(25)26)21-7-11-4-5-12(27-3)8-20-11/h4-5,8-9H,6-7H2,1-3H3,(H,21,23). The van der Waals surface area contributed by atoms with Gasteiger partial charge in [-0.25, -0.2) is 14.4 Å². The van der Waals surface area contributed by atoms with Crippen LogP contribution in [0.15, 0.2) is 28.0 Å². The molecule has 0 aliphatic rings. The Kier molecular flexibility index (Phi) is 5.91. The first-order valence-electron chi connectivity index (χ1n) is 8.19. The molecule has 7 nitrogen and oxygen atoms in total. The molecule has 0 aliphatic carbocycles. The van der Waals surface area contributed by atoms with Gasteiger partial charge >= 0.3 is 0 Å². The van der Waals surface area contributed by atoms with Gasteiger partial charge in [-0.3, -0.25) is 14.3 Å². The minimum absolute atomic E-state index is 0.0141. The monoisotopic (exact) mass is 408 g/mol. The molecule has 0 fully saturated rings. The van der Waals surface area contributed by atoms with E-state index >= 15 is 0 Å². The molecular weight excluding hydrogens is 391 g/mol. The summed E-state index contributed by atoms with van der Waals surface area (Å²) in [6.07, 6.45) is 3.73. The third kappa shape index (κ3) is 4.03. The van der Waals surface area contributed by atoms with Crippen molar-refractivity contribution in [1.82, 2.24) is 24.5 Å². The summed E-state index contributed by atoms with van der Waals surface area (Å²) in [6, 6.07) is 3.11. The number of fused-ring (bicyclic) bond motifs is 1. The summed E-state index contributed by atoms with van der Waals surface area (Å²) in [5.74, 6) is 0.0903. The summed E-state index contributed by atoms with van der Waals surface area (Å²) in [6.45, 7) is 2.89. The molecule has 1 atom stereocenters. The van der Waals surface area contributed by atoms with E-state index in [1.54, 1.807) is 31.8 Å². The second kappa shape index (κ2) is 8.18. The molecule has 27 heavy (non-hydrogen) atoms. The summed E-state index contributed by atoms with van der Waals surface area (Å²) >= 11 is 7.51. The lowest BCUT2D eigenvalue weighted by atomic mass is 10.3. The summed E-state index contributed by atoms with van der Waals surface area (Å²) in [4.78, 5) is 30.8. The average Bonchev–Trinajstić information content (AvgIpc) is 2.66. The number of nitrogens with zero attached hydrogens (tertiary/aromatic N) is 5. The molecule has 10 heteroatoms. The molecule has 0 saturated heterocycles. The van der Waals surface area contributed by atoms with Crippen molar-refractivity contribution in [1.29, 1.82) is 0 Å². The number of thioether (sulfide) groups is 1. The van der Waals surface area contributed by atoms with Gasteiger partial charge in [0.15, 0.2) is 11.5 Å². The molecule has 0 bridgehead atoms. The fourth-order valence-electron chi connectivity index (χ4n) is 2.59. The van der Waals surface area contributed by atoms with Crippen LogP contribution in [0.2, 0.25) is 5.28 Å². The first-order valence-corrected chi connectivity index (χ1v) is 9.80. The van der Waals surface area contributed by atoms with Gasteiger partial charge in [-0.05, 0) is 43.8 Å². The van der Waals surface area contributed by atoms with Crippen LogP contribution in [0.1, 0.15) is 24.4 Å². The highest BCUT2D eigenvalue weighted by molar-refractivity contribution is 7.98. The van der Waals surface area contributed by atoms with Crippen LogP contribution in [0.4, 0.5) is 10.2 Å². The number of nitrogens with one attached hydrogen (secondary N) is 1. The lowest BCUT2D eigenvalue weighted by Crippen LogP contribution is -2.29. The Bertz CT molecular complexity index is 1030. The van der Waals surface area contributed by atoms with Crippen molar-refractivity contribution >= 4 is 40.3 Å². The summed E-state index contributed by atoms with van der Waals surface area (Å²) < 4.78 is 14.6. The summed E-state index contributed by atoms with van der Waals surface area (Å²) in [7, 11) is 0. The molecular formula is C17H18ClFN6OS. The fourth-order valence-corrected chi connectivity index (χ4v) is 3.16. The van der Waals surface area contributed by atoms with Crippen molar-refractivity contribution in [3.05, 3.63) is 45.4 Å². The smallest absolute Gasteiger partial charge is 0.295 e. The van der Waals surface area contributed by atoms with Crippen molar-refractivity contribution in [2.45, 2.75) is 31.3 Å². The highest BCUT2D eigenvalue weighted by Crippen LogP contribution is 2.19. The Morgan fingerprint density at radius 2 is 2.11 bits per heavy atom. The van der Waals surface area contributed by atoms with Crippen molar-refractivity contribution < 1.29 is 4.39 Å². The van der Waals surface area contributed by atoms with E-state index < -0.39 is 18.3 Å². The van der Waals surface area contributed by atoms with Crippen LogP contribution in [-0.2, 0) is 6.54 Å². The third-order valence-corrected chi connectivity index (χ3v) is 4.90. The quantitative estimate of drug-likeness (QED) is 0.494. The van der Waals surface area contributed by atoms with E-state index in [0.717, 1.165) is 10.6 Å². The fraction of sp³-hybridized carbons (Fsp3) is 0.353. The molecule has 3 aromatic heterocycles. The van der Waals surface area contributed by atoms with Crippen LogP contribution < -0.4 is 10.9 Å². The molecule has 3 aromatic rings.